The standard InChI is InChI=1S/C35H27FN2O5/c1-42-23-15-16-28(43-2)25(19-23)32(40)30-29(31(39)21-11-13-22(36)14-12-21)35(26-9-5-6-10-27(26)37-34(35)41)33-24-8-4-3-7-20(24)17-18-38(30)33/h3-19,29-30,33H,1-2H3,(H,37,41)/t29-,30-,33+,35-/m0/s1. The molecule has 7 rings (SSSR count). The molecule has 1 spiro atoms. The summed E-state index contributed by atoms with van der Waals surface area (Å²) in [6, 6.07) is 23.3. The normalized spacial score (nSPS) is 22.9. The molecule has 0 bridgehead atoms. The van der Waals surface area contributed by atoms with E-state index < -0.39 is 40.8 Å². The van der Waals surface area contributed by atoms with Gasteiger partial charge in [-0.3, -0.25) is 14.4 Å². The summed E-state index contributed by atoms with van der Waals surface area (Å²) in [4.78, 5) is 46.0. The van der Waals surface area contributed by atoms with Crippen molar-refractivity contribution in [2.24, 2.45) is 5.92 Å². The molecule has 0 radical (unpaired) electrons. The van der Waals surface area contributed by atoms with Gasteiger partial charge in [-0.25, -0.2) is 4.39 Å². The summed E-state index contributed by atoms with van der Waals surface area (Å²) in [5.74, 6) is -2.14. The van der Waals surface area contributed by atoms with Crippen molar-refractivity contribution in [3.05, 3.63) is 131 Å². The number of benzene rings is 4. The third-order valence-electron chi connectivity index (χ3n) is 8.92. The molecule has 1 N–H and O–H groups in total. The summed E-state index contributed by atoms with van der Waals surface area (Å²) in [7, 11) is 2.97. The number of anilines is 1. The van der Waals surface area contributed by atoms with Crippen LogP contribution in [0.25, 0.3) is 6.08 Å². The summed E-state index contributed by atoms with van der Waals surface area (Å²) in [6.45, 7) is 0. The molecule has 7 nitrogen and oxygen atoms in total. The van der Waals surface area contributed by atoms with Gasteiger partial charge >= 0.3 is 0 Å². The first kappa shape index (κ1) is 26.6. The van der Waals surface area contributed by atoms with E-state index in [1.54, 1.807) is 30.5 Å². The summed E-state index contributed by atoms with van der Waals surface area (Å²) in [5.41, 5.74) is 1.86. The Morgan fingerprint density at radius 2 is 1.63 bits per heavy atom. The largest absolute Gasteiger partial charge is 0.497 e. The van der Waals surface area contributed by atoms with Crippen molar-refractivity contribution >= 4 is 29.2 Å². The van der Waals surface area contributed by atoms with Crippen LogP contribution in [0.5, 0.6) is 11.5 Å². The van der Waals surface area contributed by atoms with Gasteiger partial charge in [0, 0.05) is 17.5 Å². The number of methoxy groups -OCH3 is 2. The van der Waals surface area contributed by atoms with Crippen LogP contribution in [0.4, 0.5) is 10.1 Å². The van der Waals surface area contributed by atoms with E-state index in [1.807, 2.05) is 53.4 Å². The van der Waals surface area contributed by atoms with Crippen LogP contribution in [0.2, 0.25) is 0 Å². The van der Waals surface area contributed by atoms with Crippen molar-refractivity contribution in [3.8, 4) is 11.5 Å². The second-order valence-electron chi connectivity index (χ2n) is 10.9. The molecule has 214 valence electrons. The van der Waals surface area contributed by atoms with E-state index in [0.717, 1.165) is 11.1 Å². The zero-order valence-electron chi connectivity index (χ0n) is 23.4. The van der Waals surface area contributed by atoms with Gasteiger partial charge in [0.25, 0.3) is 0 Å². The van der Waals surface area contributed by atoms with E-state index in [0.29, 0.717) is 22.7 Å². The predicted octanol–water partition coefficient (Wildman–Crippen LogP) is 5.82. The number of ketones is 2. The molecular formula is C35H27FN2O5. The molecule has 4 aromatic carbocycles. The second kappa shape index (κ2) is 9.94. The number of Topliss-reactive ketones (excluding diaryl/α,β-unsaturated/α-hetero) is 2. The number of rotatable bonds is 6. The van der Waals surface area contributed by atoms with Crippen LogP contribution in [0.1, 0.15) is 43.4 Å². The minimum absolute atomic E-state index is 0.204. The Hall–Kier alpha value is -5.24. The highest BCUT2D eigenvalue weighted by atomic mass is 19.1. The van der Waals surface area contributed by atoms with Gasteiger partial charge in [0.05, 0.1) is 31.7 Å². The average Bonchev–Trinajstić information content (AvgIpc) is 3.52. The lowest BCUT2D eigenvalue weighted by atomic mass is 9.62. The maximum absolute atomic E-state index is 14.9. The smallest absolute Gasteiger partial charge is 0.238 e. The zero-order chi connectivity index (χ0) is 29.9. The average molecular weight is 575 g/mol. The fourth-order valence-electron chi connectivity index (χ4n) is 7.13. The predicted molar refractivity (Wildman–Crippen MR) is 159 cm³/mol. The molecule has 3 aliphatic heterocycles. The number of hydrogen-bond donors (Lipinski definition) is 1. The maximum Gasteiger partial charge on any atom is 0.238 e. The Balaban J connectivity index is 1.54. The van der Waals surface area contributed by atoms with E-state index in [9.17, 15) is 18.8 Å². The first-order valence-electron chi connectivity index (χ1n) is 13.9. The lowest BCUT2D eigenvalue weighted by Crippen LogP contribution is -2.49. The van der Waals surface area contributed by atoms with Crippen LogP contribution in [-0.4, -0.2) is 42.6 Å². The molecule has 1 amide bonds. The lowest BCUT2D eigenvalue weighted by molar-refractivity contribution is -0.122. The molecule has 3 heterocycles. The van der Waals surface area contributed by atoms with Crippen LogP contribution < -0.4 is 14.8 Å². The van der Waals surface area contributed by atoms with Gasteiger partial charge in [-0.1, -0.05) is 42.5 Å². The zero-order valence-corrected chi connectivity index (χ0v) is 23.4. The van der Waals surface area contributed by atoms with Gasteiger partial charge in [-0.05, 0) is 71.3 Å². The van der Waals surface area contributed by atoms with Crippen molar-refractivity contribution in [2.45, 2.75) is 17.5 Å². The van der Waals surface area contributed by atoms with E-state index >= 15 is 0 Å². The highest BCUT2D eigenvalue weighted by molar-refractivity contribution is 6.17. The van der Waals surface area contributed by atoms with Crippen LogP contribution in [-0.2, 0) is 10.2 Å². The summed E-state index contributed by atoms with van der Waals surface area (Å²) < 4.78 is 25.0. The highest BCUT2D eigenvalue weighted by Gasteiger charge is 2.70. The maximum atomic E-state index is 14.9. The number of hydrogen-bond acceptors (Lipinski definition) is 6. The Morgan fingerprint density at radius 1 is 0.884 bits per heavy atom. The number of carbonyl (C=O) groups is 3. The fraction of sp³-hybridized carbons (Fsp3) is 0.171. The third-order valence-corrected chi connectivity index (χ3v) is 8.92. The number of ether oxygens (including phenoxy) is 2. The molecule has 0 saturated carbocycles. The molecule has 43 heavy (non-hydrogen) atoms. The number of carbonyl (C=O) groups excluding carboxylic acids is 3. The van der Waals surface area contributed by atoms with Crippen LogP contribution in [0.3, 0.4) is 0 Å². The highest BCUT2D eigenvalue weighted by Crippen LogP contribution is 2.62. The minimum Gasteiger partial charge on any atom is -0.497 e. The monoisotopic (exact) mass is 574 g/mol. The van der Waals surface area contributed by atoms with Gasteiger partial charge in [-0.2, -0.15) is 0 Å². The molecular weight excluding hydrogens is 547 g/mol. The van der Waals surface area contributed by atoms with Crippen molar-refractivity contribution in [1.82, 2.24) is 4.90 Å². The molecule has 0 aliphatic carbocycles. The molecule has 0 unspecified atom stereocenters. The van der Waals surface area contributed by atoms with Gasteiger partial charge < -0.3 is 19.7 Å². The van der Waals surface area contributed by atoms with Gasteiger partial charge in [0.1, 0.15) is 28.8 Å². The first-order valence-corrected chi connectivity index (χ1v) is 13.9. The first-order chi connectivity index (χ1) is 20.9. The van der Waals surface area contributed by atoms with Gasteiger partial charge in [0.2, 0.25) is 5.91 Å². The molecule has 4 atom stereocenters. The molecule has 0 aromatic heterocycles. The van der Waals surface area contributed by atoms with Crippen molar-refractivity contribution in [1.29, 1.82) is 0 Å². The van der Waals surface area contributed by atoms with Crippen LogP contribution in [0.15, 0.2) is 97.2 Å². The van der Waals surface area contributed by atoms with E-state index in [2.05, 4.69) is 5.32 Å². The molecule has 3 aliphatic rings. The lowest BCUT2D eigenvalue weighted by Gasteiger charge is -2.38. The topological polar surface area (TPSA) is 84.9 Å². The van der Waals surface area contributed by atoms with E-state index in [-0.39, 0.29) is 17.0 Å². The fourth-order valence-corrected chi connectivity index (χ4v) is 7.13. The van der Waals surface area contributed by atoms with Crippen molar-refractivity contribution in [2.75, 3.05) is 19.5 Å². The number of nitrogens with zero attached hydrogens (tertiary/aromatic N) is 1. The molecule has 1 fully saturated rings. The Labute approximate surface area is 247 Å². The summed E-state index contributed by atoms with van der Waals surface area (Å²) in [5, 5.41) is 3.02. The van der Waals surface area contributed by atoms with Crippen LogP contribution >= 0.6 is 0 Å². The van der Waals surface area contributed by atoms with E-state index in [4.69, 9.17) is 9.47 Å². The Bertz CT molecular complexity index is 1830. The number of nitrogens with one attached hydrogen (secondary N) is 1. The SMILES string of the molecule is COc1ccc(OC)c(C(=O)[C@@H]2[C@@H](C(=O)c3ccc(F)cc3)[C@]3(C(=O)Nc4ccccc43)[C@H]3c4ccccc4C=CN23)c1. The van der Waals surface area contributed by atoms with Gasteiger partial charge in [-0.15, -0.1) is 0 Å². The van der Waals surface area contributed by atoms with Gasteiger partial charge in [0.15, 0.2) is 11.6 Å². The Kier molecular flexibility index (Phi) is 6.16. The van der Waals surface area contributed by atoms with E-state index in [1.165, 1.54) is 38.5 Å². The second-order valence-corrected chi connectivity index (χ2v) is 10.9. The molecule has 4 aromatic rings. The van der Waals surface area contributed by atoms with Crippen molar-refractivity contribution < 1.29 is 28.2 Å². The summed E-state index contributed by atoms with van der Waals surface area (Å²) in [6.07, 6.45) is 3.70. The van der Waals surface area contributed by atoms with Crippen molar-refractivity contribution in [3.63, 3.8) is 0 Å². The molecule has 1 saturated heterocycles. The number of fused-ring (bicyclic) bond motifs is 6. The number of para-hydroxylation sites is 1. The number of amides is 1. The molecule has 8 heteroatoms. The number of halogens is 1. The van der Waals surface area contributed by atoms with Crippen LogP contribution in [0, 0.1) is 11.7 Å². The Morgan fingerprint density at radius 3 is 2.40 bits per heavy atom. The third kappa shape index (κ3) is 3.75. The quantitative estimate of drug-likeness (QED) is 0.292. The summed E-state index contributed by atoms with van der Waals surface area (Å²) >= 11 is 0. The minimum atomic E-state index is -1.49.